The molecule has 0 atom stereocenters. The molecule has 0 saturated carbocycles. The second-order valence-electron chi connectivity index (χ2n) is 10.3. The van der Waals surface area contributed by atoms with E-state index in [9.17, 15) is 0 Å². The summed E-state index contributed by atoms with van der Waals surface area (Å²) in [6.45, 7) is -4.28. The number of pyridine rings is 1. The highest BCUT2D eigenvalue weighted by Crippen LogP contribution is 2.40. The number of aryl methyl sites for hydroxylation is 6. The number of benzene rings is 3. The highest BCUT2D eigenvalue weighted by molar-refractivity contribution is 6.10. The largest absolute Gasteiger partial charge is 0.455 e. The molecule has 0 fully saturated rings. The minimum Gasteiger partial charge on any atom is -0.455 e. The molecule has 0 aliphatic heterocycles. The molecule has 2 heteroatoms. The number of fused-ring (bicyclic) bond motifs is 3. The number of hydrogen-bond acceptors (Lipinski definition) is 1. The third-order valence-electron chi connectivity index (χ3n) is 6.21. The lowest BCUT2D eigenvalue weighted by Crippen LogP contribution is -2.31. The van der Waals surface area contributed by atoms with Crippen LogP contribution >= 0.6 is 0 Å². The lowest BCUT2D eigenvalue weighted by atomic mass is 9.86. The molecule has 5 rings (SSSR count). The molecule has 0 unspecified atom stereocenters. The van der Waals surface area contributed by atoms with Crippen LogP contribution in [0.3, 0.4) is 0 Å². The van der Waals surface area contributed by atoms with Crippen LogP contribution in [-0.2, 0) is 13.4 Å². The van der Waals surface area contributed by atoms with Gasteiger partial charge < -0.3 is 4.42 Å². The van der Waals surface area contributed by atoms with Gasteiger partial charge >= 0.3 is 0 Å². The first-order valence-electron chi connectivity index (χ1n) is 19.2. The molecule has 0 aliphatic carbocycles. The van der Waals surface area contributed by atoms with E-state index >= 15 is 0 Å². The molecule has 2 nitrogen and oxygen atoms in total. The second-order valence-corrected chi connectivity index (χ2v) is 10.3. The monoisotopic (exact) mass is 491 g/mol. The Morgan fingerprint density at radius 1 is 0.861 bits per heavy atom. The zero-order chi connectivity index (χ0) is 38.6. The molecule has 2 heterocycles. The van der Waals surface area contributed by atoms with E-state index in [1.54, 1.807) is 46.9 Å². The van der Waals surface area contributed by atoms with E-state index in [-0.39, 0.29) is 61.5 Å². The van der Waals surface area contributed by atoms with Gasteiger partial charge in [0.1, 0.15) is 18.2 Å². The number of nitrogens with zero attached hydrogens (tertiary/aromatic N) is 1. The smallest absolute Gasteiger partial charge is 0.216 e. The molecule has 0 bridgehead atoms. The van der Waals surface area contributed by atoms with Crippen molar-refractivity contribution in [3.8, 4) is 22.4 Å². The molecule has 0 saturated heterocycles. The minimum atomic E-state index is -2.87. The first kappa shape index (κ1) is 12.2. The Bertz CT molecular complexity index is 2190. The van der Waals surface area contributed by atoms with Crippen molar-refractivity contribution in [2.75, 3.05) is 0 Å². The summed E-state index contributed by atoms with van der Waals surface area (Å²) >= 11 is 0. The zero-order valence-electron chi connectivity index (χ0n) is 36.0. The fourth-order valence-corrected chi connectivity index (χ4v) is 4.69. The highest BCUT2D eigenvalue weighted by Gasteiger charge is 2.23. The molecule has 3 aromatic carbocycles. The Balaban J connectivity index is 1.93. The van der Waals surface area contributed by atoms with Crippen molar-refractivity contribution < 1.29 is 29.5 Å². The summed E-state index contributed by atoms with van der Waals surface area (Å²) in [4.78, 5) is 0. The van der Waals surface area contributed by atoms with Crippen molar-refractivity contribution in [2.45, 2.75) is 61.5 Å². The molecule has 5 aromatic rings. The van der Waals surface area contributed by atoms with Crippen molar-refractivity contribution in [1.82, 2.24) is 0 Å². The maximum absolute atomic E-state index is 9.06. The van der Waals surface area contributed by atoms with Gasteiger partial charge in [-0.15, -0.1) is 0 Å². The van der Waals surface area contributed by atoms with E-state index in [2.05, 4.69) is 0 Å². The van der Waals surface area contributed by atoms with Gasteiger partial charge in [0.15, 0.2) is 6.20 Å². The first-order chi connectivity index (χ1) is 23.0. The summed E-state index contributed by atoms with van der Waals surface area (Å²) in [7, 11) is 1.59. The number of aromatic nitrogens is 1. The minimum absolute atomic E-state index is 0.0311. The summed E-state index contributed by atoms with van der Waals surface area (Å²) in [5.41, 5.74) is -0.880. The van der Waals surface area contributed by atoms with Gasteiger partial charge in [0.2, 0.25) is 5.69 Å². The summed E-state index contributed by atoms with van der Waals surface area (Å²) in [6, 6.07) is 9.37. The Morgan fingerprint density at radius 3 is 2.39 bits per heavy atom. The van der Waals surface area contributed by atoms with Gasteiger partial charge in [-0.05, 0) is 91.1 Å². The number of hydrogen-bond donors (Lipinski definition) is 0. The highest BCUT2D eigenvalue weighted by atomic mass is 16.3. The van der Waals surface area contributed by atoms with Gasteiger partial charge in [0.05, 0.1) is 6.93 Å². The van der Waals surface area contributed by atoms with Crippen LogP contribution in [0.2, 0.25) is 0 Å². The van der Waals surface area contributed by atoms with Crippen LogP contribution in [0.5, 0.6) is 0 Å². The van der Waals surface area contributed by atoms with Crippen molar-refractivity contribution in [2.24, 2.45) is 12.5 Å². The third-order valence-corrected chi connectivity index (χ3v) is 6.21. The normalized spacial score (nSPS) is 20.1. The molecular weight excluding hydrogens is 438 g/mol. The van der Waals surface area contributed by atoms with Crippen LogP contribution in [0.4, 0.5) is 0 Å². The molecule has 184 valence electrons. The van der Waals surface area contributed by atoms with Crippen LogP contribution in [0.15, 0.2) is 59.1 Å². The number of furan rings is 1. The van der Waals surface area contributed by atoms with Crippen molar-refractivity contribution in [1.29, 1.82) is 0 Å². The molecule has 0 spiro atoms. The van der Waals surface area contributed by atoms with E-state index in [0.717, 1.165) is 6.07 Å². The van der Waals surface area contributed by atoms with Crippen LogP contribution in [0.25, 0.3) is 44.3 Å². The van der Waals surface area contributed by atoms with Gasteiger partial charge in [0.25, 0.3) is 0 Å². The fourth-order valence-electron chi connectivity index (χ4n) is 4.69. The Labute approximate surface area is 236 Å². The predicted octanol–water partition coefficient (Wildman–Crippen LogP) is 8.88. The quantitative estimate of drug-likeness (QED) is 0.230. The zero-order valence-corrected chi connectivity index (χ0v) is 21.0. The van der Waals surface area contributed by atoms with Gasteiger partial charge in [-0.2, -0.15) is 0 Å². The van der Waals surface area contributed by atoms with E-state index in [1.165, 1.54) is 35.0 Å². The van der Waals surface area contributed by atoms with Crippen LogP contribution in [0, 0.1) is 39.7 Å². The van der Waals surface area contributed by atoms with Crippen LogP contribution in [0.1, 0.15) is 74.7 Å². The van der Waals surface area contributed by atoms with Crippen molar-refractivity contribution >= 4 is 21.9 Å². The second kappa shape index (κ2) is 8.62. The Hall–Kier alpha value is -3.39. The molecule has 0 radical (unpaired) electrons. The molecule has 36 heavy (non-hydrogen) atoms. The van der Waals surface area contributed by atoms with Crippen molar-refractivity contribution in [3.63, 3.8) is 0 Å². The van der Waals surface area contributed by atoms with Gasteiger partial charge in [-0.1, -0.05) is 57.1 Å². The summed E-state index contributed by atoms with van der Waals surface area (Å²) in [5.74, 6) is 0. The molecule has 2 aromatic heterocycles. The maximum Gasteiger partial charge on any atom is 0.216 e. The lowest BCUT2D eigenvalue weighted by molar-refractivity contribution is -0.660. The van der Waals surface area contributed by atoms with E-state index in [0.29, 0.717) is 22.2 Å². The average molecular weight is 492 g/mol. The summed E-state index contributed by atoms with van der Waals surface area (Å²) in [5, 5.41) is 0.664. The van der Waals surface area contributed by atoms with Crippen molar-refractivity contribution in [3.05, 3.63) is 88.1 Å². The Kier molecular flexibility index (Phi) is 2.93. The summed E-state index contributed by atoms with van der Waals surface area (Å²) in [6.07, 6.45) is -0.728. The topological polar surface area (TPSA) is 17.0 Å². The number of rotatable bonds is 3. The predicted molar refractivity (Wildman–Crippen MR) is 153 cm³/mol. The van der Waals surface area contributed by atoms with Gasteiger partial charge in [-0.3, -0.25) is 0 Å². The average Bonchev–Trinajstić information content (AvgIpc) is 3.32. The lowest BCUT2D eigenvalue weighted by Gasteiger charge is -2.19. The van der Waals surface area contributed by atoms with Crippen LogP contribution < -0.4 is 4.57 Å². The van der Waals surface area contributed by atoms with E-state index < -0.39 is 39.2 Å². The summed E-state index contributed by atoms with van der Waals surface area (Å²) < 4.78 is 133. The SMILES string of the molecule is [2H]c1cc(C([2H])([2H])C(C)(C)C)cc(C([2H])([2H])[2H])c1-c1cc(-c2c(C)ccc3c2oc2c(C([2H])([2H])[2H])cc(C([2H])([2H])[2H])cc23)[n+](C)cc1C([2H])([2H])[2H]. The van der Waals surface area contributed by atoms with E-state index in [1.807, 2.05) is 0 Å². The molecule has 0 amide bonds. The fraction of sp³-hybridized carbons (Fsp3) is 0.324. The molecule has 0 aliphatic rings. The van der Waals surface area contributed by atoms with E-state index in [4.69, 9.17) is 25.0 Å². The molecular formula is C34H38NO+. The van der Waals surface area contributed by atoms with Crippen LogP contribution in [-0.4, -0.2) is 0 Å². The molecule has 0 N–H and O–H groups in total. The maximum atomic E-state index is 9.06. The Morgan fingerprint density at radius 2 is 1.67 bits per heavy atom. The first-order valence-corrected chi connectivity index (χ1v) is 11.7. The van der Waals surface area contributed by atoms with Gasteiger partial charge in [-0.25, -0.2) is 4.57 Å². The van der Waals surface area contributed by atoms with Gasteiger partial charge in [0, 0.05) is 41.6 Å². The standard InChI is InChI=1S/C34H38NO/c1-20-14-23(4)32-29(15-20)27-12-10-21(2)31(33(27)36-32)30-17-28(24(5)19-35(30)9)26-13-11-25(16-22(26)3)18-34(6,7)8/h10-17,19H,18H2,1-9H3/q+1/i1D3,3D3,4D3,5D3,13D,18D2. The third kappa shape index (κ3) is 4.23.